The van der Waals surface area contributed by atoms with Crippen molar-refractivity contribution in [3.05, 3.63) is 107 Å². The van der Waals surface area contributed by atoms with Crippen molar-refractivity contribution in [1.82, 2.24) is 34.6 Å². The topological polar surface area (TPSA) is 122 Å². The molecule has 0 saturated carbocycles. The number of benzene rings is 3. The number of nitrogens with one attached hydrogen (secondary N) is 2. The van der Waals surface area contributed by atoms with Crippen LogP contribution >= 0.6 is 23.4 Å². The Kier molecular flexibility index (Phi) is 10.8. The molecule has 6 rings (SSSR count). The maximum absolute atomic E-state index is 13.4. The number of phenols is 1. The molecule has 3 heterocycles. The molecule has 3 aromatic heterocycles. The molecule has 2 amide bonds. The predicted molar refractivity (Wildman–Crippen MR) is 202 cm³/mol. The van der Waals surface area contributed by atoms with Crippen LogP contribution < -0.4 is 15.4 Å². The smallest absolute Gasteiger partial charge is 0.320 e. The van der Waals surface area contributed by atoms with Gasteiger partial charge in [0, 0.05) is 52.2 Å². The first kappa shape index (κ1) is 35.8. The Morgan fingerprint density at radius 3 is 2.65 bits per heavy atom. The van der Waals surface area contributed by atoms with Crippen LogP contribution in [0, 0.1) is 0 Å². The van der Waals surface area contributed by atoms with Gasteiger partial charge in [-0.1, -0.05) is 68.4 Å². The lowest BCUT2D eigenvalue weighted by atomic mass is 9.87. The third-order valence-corrected chi connectivity index (χ3v) is 10.0. The number of aromatic nitrogens is 5. The van der Waals surface area contributed by atoms with Crippen LogP contribution in [0.5, 0.6) is 11.5 Å². The van der Waals surface area contributed by atoms with Gasteiger partial charge in [0.05, 0.1) is 16.4 Å². The van der Waals surface area contributed by atoms with Gasteiger partial charge >= 0.3 is 6.03 Å². The van der Waals surface area contributed by atoms with Crippen LogP contribution in [0.25, 0.3) is 22.7 Å². The average molecular weight is 725 g/mol. The second-order valence-corrected chi connectivity index (χ2v) is 14.5. The highest BCUT2D eigenvalue weighted by Gasteiger charge is 2.25. The fraction of sp³-hybridized carbons (Fsp3) is 0.263. The largest absolute Gasteiger partial charge is 0.508 e. The molecule has 0 fully saturated rings. The van der Waals surface area contributed by atoms with Crippen molar-refractivity contribution in [2.45, 2.75) is 48.9 Å². The van der Waals surface area contributed by atoms with Crippen molar-refractivity contribution < 1.29 is 14.6 Å². The summed E-state index contributed by atoms with van der Waals surface area (Å²) in [6, 6.07) is 25.8. The minimum atomic E-state index is -0.353. The highest BCUT2D eigenvalue weighted by molar-refractivity contribution is 7.99. The van der Waals surface area contributed by atoms with E-state index in [0.29, 0.717) is 41.0 Å². The number of hydrogen-bond acceptors (Lipinski definition) is 8. The minimum Gasteiger partial charge on any atom is -0.508 e. The monoisotopic (exact) mass is 724 g/mol. The molecule has 6 aromatic rings. The first-order valence-corrected chi connectivity index (χ1v) is 17.8. The maximum atomic E-state index is 13.4. The number of carbonyl (C=O) groups is 1. The van der Waals surface area contributed by atoms with E-state index < -0.39 is 0 Å². The quantitative estimate of drug-likeness (QED) is 0.109. The van der Waals surface area contributed by atoms with Crippen molar-refractivity contribution in [3.63, 3.8) is 0 Å². The van der Waals surface area contributed by atoms with Gasteiger partial charge in [0.15, 0.2) is 11.5 Å². The number of ether oxygens (including phenoxy) is 1. The molecule has 3 N–H and O–H groups in total. The van der Waals surface area contributed by atoms with Crippen molar-refractivity contribution in [2.24, 2.45) is 0 Å². The number of anilines is 1. The van der Waals surface area contributed by atoms with Crippen LogP contribution in [-0.4, -0.2) is 67.7 Å². The number of nitrogens with zero attached hydrogens (tertiary/aromatic N) is 6. The highest BCUT2D eigenvalue weighted by atomic mass is 35.5. The molecule has 264 valence electrons. The fourth-order valence-electron chi connectivity index (χ4n) is 5.24. The normalized spacial score (nSPS) is 11.7. The lowest BCUT2D eigenvalue weighted by molar-refractivity contribution is 0.251. The zero-order chi connectivity index (χ0) is 36.1. The van der Waals surface area contributed by atoms with E-state index in [0.717, 1.165) is 45.5 Å². The summed E-state index contributed by atoms with van der Waals surface area (Å²) in [5, 5.41) is 30.1. The molecule has 3 aromatic carbocycles. The number of likely N-dealkylation sites (N-methyl/N-ethyl adjacent to an activating group) is 1. The van der Waals surface area contributed by atoms with Gasteiger partial charge in [-0.15, -0.1) is 10.2 Å². The van der Waals surface area contributed by atoms with Crippen molar-refractivity contribution in [1.29, 1.82) is 0 Å². The molecule has 0 aliphatic heterocycles. The fourth-order valence-corrected chi connectivity index (χ4v) is 6.41. The number of carbonyl (C=O) groups excluding carboxylic acids is 1. The lowest BCUT2D eigenvalue weighted by Crippen LogP contribution is -2.29. The number of amides is 2. The van der Waals surface area contributed by atoms with E-state index in [-0.39, 0.29) is 17.2 Å². The van der Waals surface area contributed by atoms with Gasteiger partial charge in [0.2, 0.25) is 0 Å². The molecule has 0 saturated heterocycles. The zero-order valence-electron chi connectivity index (χ0n) is 29.2. The molecular formula is C38H41ClN8O3S. The molecule has 0 bridgehead atoms. The van der Waals surface area contributed by atoms with Crippen molar-refractivity contribution in [2.75, 3.05) is 32.6 Å². The minimum absolute atomic E-state index is 0.0896. The number of halogens is 1. The first-order chi connectivity index (χ1) is 24.5. The number of rotatable bonds is 13. The molecule has 51 heavy (non-hydrogen) atoms. The van der Waals surface area contributed by atoms with E-state index in [4.69, 9.17) is 21.4 Å². The number of hydrogen-bond donors (Lipinski definition) is 3. The van der Waals surface area contributed by atoms with Gasteiger partial charge in [-0.25, -0.2) is 9.48 Å². The third-order valence-electron chi connectivity index (χ3n) is 8.60. The summed E-state index contributed by atoms with van der Waals surface area (Å²) < 4.78 is 9.59. The standard InChI is InChI=1S/C38H41ClN8O3S/c1-6-38(2,3)33-22-35(47(44-33)26-11-9-12-28(20-26)50-19-18-45(4)5)41-37(49)40-23-25-10-7-8-13-32(25)51-29-15-17-34-42-43-36(46(34)24-29)30-21-27(48)14-16-31(30)39/h7-17,20-22,24,48H,6,18-19,23H2,1-5H3,(H2,40,41,49). The Labute approximate surface area is 306 Å². The molecule has 0 aliphatic rings. The Bertz CT molecular complexity index is 2160. The second kappa shape index (κ2) is 15.5. The van der Waals surface area contributed by atoms with Crippen molar-refractivity contribution >= 4 is 40.9 Å². The molecule has 0 radical (unpaired) electrons. The van der Waals surface area contributed by atoms with E-state index in [1.165, 1.54) is 6.07 Å². The van der Waals surface area contributed by atoms with E-state index in [1.54, 1.807) is 28.6 Å². The van der Waals surface area contributed by atoms with E-state index in [9.17, 15) is 9.90 Å². The first-order valence-electron chi connectivity index (χ1n) is 16.6. The van der Waals surface area contributed by atoms with E-state index in [1.807, 2.05) is 91.4 Å². The summed E-state index contributed by atoms with van der Waals surface area (Å²) in [6.07, 6.45) is 2.82. The number of urea groups is 1. The molecule has 0 unspecified atom stereocenters. The van der Waals surface area contributed by atoms with Gasteiger partial charge in [-0.2, -0.15) is 5.10 Å². The van der Waals surface area contributed by atoms with Crippen LogP contribution in [-0.2, 0) is 12.0 Å². The average Bonchev–Trinajstić information content (AvgIpc) is 3.74. The Hall–Kier alpha value is -5.04. The summed E-state index contributed by atoms with van der Waals surface area (Å²) in [7, 11) is 4.01. The van der Waals surface area contributed by atoms with Crippen LogP contribution in [0.15, 0.2) is 101 Å². The van der Waals surface area contributed by atoms with Gasteiger partial charge in [0.1, 0.15) is 23.9 Å². The van der Waals surface area contributed by atoms with Crippen LogP contribution in [0.3, 0.4) is 0 Å². The van der Waals surface area contributed by atoms with E-state index >= 15 is 0 Å². The summed E-state index contributed by atoms with van der Waals surface area (Å²) in [5.41, 5.74) is 3.64. The van der Waals surface area contributed by atoms with Gasteiger partial charge in [-0.3, -0.25) is 9.72 Å². The zero-order valence-corrected chi connectivity index (χ0v) is 30.8. The summed E-state index contributed by atoms with van der Waals surface area (Å²) >= 11 is 8.00. The predicted octanol–water partition coefficient (Wildman–Crippen LogP) is 8.04. The molecule has 11 nitrogen and oxygen atoms in total. The van der Waals surface area contributed by atoms with Crippen LogP contribution in [0.1, 0.15) is 38.4 Å². The van der Waals surface area contributed by atoms with E-state index in [2.05, 4.69) is 46.5 Å². The van der Waals surface area contributed by atoms with Crippen molar-refractivity contribution in [3.8, 4) is 28.6 Å². The highest BCUT2D eigenvalue weighted by Crippen LogP contribution is 2.34. The summed E-state index contributed by atoms with van der Waals surface area (Å²) in [4.78, 5) is 17.4. The number of fused-ring (bicyclic) bond motifs is 1. The molecule has 13 heteroatoms. The Morgan fingerprint density at radius 1 is 1.02 bits per heavy atom. The third kappa shape index (κ3) is 8.47. The van der Waals surface area contributed by atoms with Gasteiger partial charge in [0.25, 0.3) is 0 Å². The van der Waals surface area contributed by atoms with Gasteiger partial charge in [-0.05, 0) is 74.6 Å². The molecule has 0 atom stereocenters. The molecule has 0 aliphatic carbocycles. The lowest BCUT2D eigenvalue weighted by Gasteiger charge is -2.19. The summed E-state index contributed by atoms with van der Waals surface area (Å²) in [5.74, 6) is 1.90. The number of pyridine rings is 1. The molecular weight excluding hydrogens is 684 g/mol. The molecule has 0 spiro atoms. The number of phenolic OH excluding ortho intramolecular Hbond substituents is 1. The maximum Gasteiger partial charge on any atom is 0.320 e. The Balaban J connectivity index is 1.19. The van der Waals surface area contributed by atoms with Crippen LogP contribution in [0.4, 0.5) is 10.6 Å². The summed E-state index contributed by atoms with van der Waals surface area (Å²) in [6.45, 7) is 8.06. The number of aromatic hydroxyl groups is 1. The van der Waals surface area contributed by atoms with Gasteiger partial charge < -0.3 is 20.1 Å². The SMILES string of the molecule is CCC(C)(C)c1cc(NC(=O)NCc2ccccc2Sc2ccc3nnc(-c4cc(O)ccc4Cl)n3c2)n(-c2cccc(OCCN(C)C)c2)n1. The second-order valence-electron chi connectivity index (χ2n) is 13.0. The Morgan fingerprint density at radius 2 is 1.84 bits per heavy atom. The van der Waals surface area contributed by atoms with Crippen LogP contribution in [0.2, 0.25) is 5.02 Å².